The SMILES string of the molecule is CC(C)OC(=O)/C(C#N)=C/c1ccc(OC(F)(F)F)cc1. The number of hydrogen-bond donors (Lipinski definition) is 0. The molecule has 0 radical (unpaired) electrons. The van der Waals surface area contributed by atoms with Crippen LogP contribution in [0.3, 0.4) is 0 Å². The van der Waals surface area contributed by atoms with E-state index in [1.54, 1.807) is 19.9 Å². The summed E-state index contributed by atoms with van der Waals surface area (Å²) >= 11 is 0. The zero-order valence-corrected chi connectivity index (χ0v) is 11.3. The van der Waals surface area contributed by atoms with E-state index >= 15 is 0 Å². The van der Waals surface area contributed by atoms with Crippen LogP contribution < -0.4 is 4.74 Å². The van der Waals surface area contributed by atoms with E-state index in [1.165, 1.54) is 18.2 Å². The molecule has 1 aromatic carbocycles. The Morgan fingerprint density at radius 2 is 1.86 bits per heavy atom. The smallest absolute Gasteiger partial charge is 0.459 e. The van der Waals surface area contributed by atoms with Gasteiger partial charge in [0.25, 0.3) is 0 Å². The maximum atomic E-state index is 12.0. The summed E-state index contributed by atoms with van der Waals surface area (Å²) in [7, 11) is 0. The van der Waals surface area contributed by atoms with Crippen molar-refractivity contribution in [3.05, 3.63) is 35.4 Å². The summed E-state index contributed by atoms with van der Waals surface area (Å²) in [5.74, 6) is -1.17. The van der Waals surface area contributed by atoms with E-state index in [9.17, 15) is 18.0 Å². The number of halogens is 3. The van der Waals surface area contributed by atoms with Crippen LogP contribution in [0.2, 0.25) is 0 Å². The molecule has 0 aliphatic rings. The molecule has 0 saturated carbocycles. The maximum Gasteiger partial charge on any atom is 0.573 e. The summed E-state index contributed by atoms with van der Waals surface area (Å²) in [6.45, 7) is 3.27. The molecule has 1 rings (SSSR count). The van der Waals surface area contributed by atoms with Gasteiger partial charge in [0.05, 0.1) is 6.10 Å². The van der Waals surface area contributed by atoms with Gasteiger partial charge in [0.2, 0.25) is 0 Å². The first-order valence-electron chi connectivity index (χ1n) is 5.90. The van der Waals surface area contributed by atoms with E-state index in [4.69, 9.17) is 10.00 Å². The van der Waals surface area contributed by atoms with Crippen molar-refractivity contribution in [1.82, 2.24) is 0 Å². The van der Waals surface area contributed by atoms with E-state index in [1.807, 2.05) is 0 Å². The van der Waals surface area contributed by atoms with Crippen LogP contribution in [0, 0.1) is 11.3 Å². The standard InChI is InChI=1S/C14H12F3NO3/c1-9(2)20-13(19)11(8-18)7-10-3-5-12(6-4-10)21-14(15,16)17/h3-7,9H,1-2H3/b11-7+. The Labute approximate surface area is 119 Å². The molecular formula is C14H12F3NO3. The van der Waals surface area contributed by atoms with E-state index in [0.29, 0.717) is 5.56 Å². The third kappa shape index (κ3) is 5.99. The van der Waals surface area contributed by atoms with Gasteiger partial charge in [0.15, 0.2) is 0 Å². The molecule has 0 saturated heterocycles. The molecule has 0 N–H and O–H groups in total. The molecule has 1 aromatic rings. The van der Waals surface area contributed by atoms with Crippen molar-refractivity contribution < 1.29 is 27.4 Å². The van der Waals surface area contributed by atoms with Crippen molar-refractivity contribution in [1.29, 1.82) is 5.26 Å². The van der Waals surface area contributed by atoms with Gasteiger partial charge in [0.1, 0.15) is 17.4 Å². The molecule has 0 unspecified atom stereocenters. The number of nitriles is 1. The van der Waals surface area contributed by atoms with Gasteiger partial charge in [-0.15, -0.1) is 13.2 Å². The predicted molar refractivity (Wildman–Crippen MR) is 67.9 cm³/mol. The molecular weight excluding hydrogens is 287 g/mol. The number of esters is 1. The van der Waals surface area contributed by atoms with Crippen LogP contribution in [0.25, 0.3) is 6.08 Å². The Bertz CT molecular complexity index is 569. The lowest BCUT2D eigenvalue weighted by atomic mass is 10.1. The van der Waals surface area contributed by atoms with Crippen molar-refractivity contribution in [2.45, 2.75) is 26.3 Å². The molecule has 0 spiro atoms. The molecule has 4 nitrogen and oxygen atoms in total. The Kier molecular flexibility index (Phi) is 5.36. The molecule has 0 bridgehead atoms. The van der Waals surface area contributed by atoms with Crippen LogP contribution in [0.5, 0.6) is 5.75 Å². The molecule has 0 amide bonds. The van der Waals surface area contributed by atoms with Gasteiger partial charge < -0.3 is 9.47 Å². The zero-order valence-electron chi connectivity index (χ0n) is 11.3. The lowest BCUT2D eigenvalue weighted by molar-refractivity contribution is -0.274. The molecule has 21 heavy (non-hydrogen) atoms. The predicted octanol–water partition coefficient (Wildman–Crippen LogP) is 3.44. The summed E-state index contributed by atoms with van der Waals surface area (Å²) in [5.41, 5.74) is 0.134. The van der Waals surface area contributed by atoms with E-state index in [-0.39, 0.29) is 17.4 Å². The minimum Gasteiger partial charge on any atom is -0.459 e. The summed E-state index contributed by atoms with van der Waals surface area (Å²) in [5, 5.41) is 8.89. The van der Waals surface area contributed by atoms with Crippen LogP contribution in [0.15, 0.2) is 29.8 Å². The van der Waals surface area contributed by atoms with Crippen molar-refractivity contribution >= 4 is 12.0 Å². The molecule has 0 aliphatic carbocycles. The van der Waals surface area contributed by atoms with Crippen LogP contribution >= 0.6 is 0 Å². The Morgan fingerprint density at radius 1 is 1.29 bits per heavy atom. The fraction of sp³-hybridized carbons (Fsp3) is 0.286. The lowest BCUT2D eigenvalue weighted by Gasteiger charge is -2.09. The van der Waals surface area contributed by atoms with Crippen LogP contribution in [0.1, 0.15) is 19.4 Å². The Morgan fingerprint density at radius 3 is 2.29 bits per heavy atom. The van der Waals surface area contributed by atoms with Crippen molar-refractivity contribution in [2.24, 2.45) is 0 Å². The van der Waals surface area contributed by atoms with Gasteiger partial charge in [-0.05, 0) is 37.6 Å². The normalized spacial score (nSPS) is 12.0. The number of carbonyl (C=O) groups is 1. The van der Waals surface area contributed by atoms with Crippen LogP contribution in [-0.2, 0) is 9.53 Å². The van der Waals surface area contributed by atoms with Crippen LogP contribution in [-0.4, -0.2) is 18.4 Å². The highest BCUT2D eigenvalue weighted by molar-refractivity contribution is 5.97. The first kappa shape index (κ1) is 16.6. The number of carbonyl (C=O) groups excluding carboxylic acids is 1. The summed E-state index contributed by atoms with van der Waals surface area (Å²) in [4.78, 5) is 11.6. The molecule has 0 fully saturated rings. The highest BCUT2D eigenvalue weighted by Crippen LogP contribution is 2.23. The van der Waals surface area contributed by atoms with Gasteiger partial charge in [-0.3, -0.25) is 0 Å². The summed E-state index contributed by atoms with van der Waals surface area (Å²) in [6.07, 6.45) is -3.92. The minimum atomic E-state index is -4.77. The van der Waals surface area contributed by atoms with Crippen molar-refractivity contribution in [3.8, 4) is 11.8 Å². The largest absolute Gasteiger partial charge is 0.573 e. The van der Waals surface area contributed by atoms with Gasteiger partial charge in [-0.2, -0.15) is 5.26 Å². The van der Waals surface area contributed by atoms with Gasteiger partial charge in [0, 0.05) is 0 Å². The number of rotatable bonds is 4. The first-order chi connectivity index (χ1) is 9.71. The molecule has 7 heteroatoms. The molecule has 0 atom stereocenters. The second-order valence-electron chi connectivity index (χ2n) is 4.24. The fourth-order valence-corrected chi connectivity index (χ4v) is 1.35. The van der Waals surface area contributed by atoms with Crippen molar-refractivity contribution in [2.75, 3.05) is 0 Å². The second kappa shape index (κ2) is 6.79. The van der Waals surface area contributed by atoms with Gasteiger partial charge in [-0.1, -0.05) is 12.1 Å². The maximum absolute atomic E-state index is 12.0. The third-order valence-electron chi connectivity index (χ3n) is 2.11. The molecule has 0 heterocycles. The highest BCUT2D eigenvalue weighted by Gasteiger charge is 2.30. The average molecular weight is 299 g/mol. The number of benzene rings is 1. The number of ether oxygens (including phenoxy) is 2. The third-order valence-corrected chi connectivity index (χ3v) is 2.11. The summed E-state index contributed by atoms with van der Waals surface area (Å²) < 4.78 is 44.6. The monoisotopic (exact) mass is 299 g/mol. The van der Waals surface area contributed by atoms with E-state index in [0.717, 1.165) is 12.1 Å². The summed E-state index contributed by atoms with van der Waals surface area (Å²) in [6, 6.07) is 6.44. The first-order valence-corrected chi connectivity index (χ1v) is 5.90. The quantitative estimate of drug-likeness (QED) is 0.485. The fourth-order valence-electron chi connectivity index (χ4n) is 1.35. The average Bonchev–Trinajstić information content (AvgIpc) is 2.35. The second-order valence-corrected chi connectivity index (χ2v) is 4.24. The minimum absolute atomic E-state index is 0.242. The van der Waals surface area contributed by atoms with E-state index in [2.05, 4.69) is 4.74 Å². The molecule has 112 valence electrons. The Balaban J connectivity index is 2.88. The van der Waals surface area contributed by atoms with Crippen molar-refractivity contribution in [3.63, 3.8) is 0 Å². The van der Waals surface area contributed by atoms with E-state index < -0.39 is 12.3 Å². The lowest BCUT2D eigenvalue weighted by Crippen LogP contribution is -2.17. The number of hydrogen-bond acceptors (Lipinski definition) is 4. The number of nitrogens with zero attached hydrogens (tertiary/aromatic N) is 1. The zero-order chi connectivity index (χ0) is 16.0. The van der Waals surface area contributed by atoms with Gasteiger partial charge >= 0.3 is 12.3 Å². The topological polar surface area (TPSA) is 59.3 Å². The Hall–Kier alpha value is -2.49. The molecule has 0 aliphatic heterocycles. The van der Waals surface area contributed by atoms with Crippen LogP contribution in [0.4, 0.5) is 13.2 Å². The highest BCUT2D eigenvalue weighted by atomic mass is 19.4. The van der Waals surface area contributed by atoms with Gasteiger partial charge in [-0.25, -0.2) is 4.79 Å². The molecule has 0 aromatic heterocycles. The number of alkyl halides is 3.